The van der Waals surface area contributed by atoms with E-state index in [1.807, 2.05) is 0 Å². The van der Waals surface area contributed by atoms with Gasteiger partial charge in [-0.15, -0.1) is 0 Å². The van der Waals surface area contributed by atoms with E-state index in [9.17, 15) is 4.79 Å². The van der Waals surface area contributed by atoms with Crippen LogP contribution in [0.1, 0.15) is 58.4 Å². The van der Waals surface area contributed by atoms with Gasteiger partial charge in [0.15, 0.2) is 0 Å². The maximum Gasteiger partial charge on any atom is 0.308 e. The average Bonchev–Trinajstić information content (AvgIpc) is 2.52. The summed E-state index contributed by atoms with van der Waals surface area (Å²) in [5, 5.41) is 9.16. The number of benzene rings is 1. The van der Waals surface area contributed by atoms with Crippen molar-refractivity contribution in [2.75, 3.05) is 18.0 Å². The van der Waals surface area contributed by atoms with E-state index in [0.717, 1.165) is 25.1 Å². The van der Waals surface area contributed by atoms with Crippen LogP contribution in [0.4, 0.5) is 5.69 Å². The van der Waals surface area contributed by atoms with E-state index in [0.29, 0.717) is 6.54 Å². The average molecular weight is 305 g/mol. The van der Waals surface area contributed by atoms with Crippen LogP contribution < -0.4 is 4.90 Å². The second-order valence-electron chi connectivity index (χ2n) is 6.16. The zero-order valence-electron chi connectivity index (χ0n) is 14.3. The molecule has 3 heteroatoms. The fourth-order valence-corrected chi connectivity index (χ4v) is 2.54. The van der Waals surface area contributed by atoms with Gasteiger partial charge in [0.05, 0.1) is 5.92 Å². The molecule has 1 aromatic rings. The molecule has 1 unspecified atom stereocenters. The smallest absolute Gasteiger partial charge is 0.308 e. The van der Waals surface area contributed by atoms with Crippen LogP contribution >= 0.6 is 0 Å². The lowest BCUT2D eigenvalue weighted by Gasteiger charge is -2.27. The molecule has 0 aliphatic heterocycles. The Morgan fingerprint density at radius 3 is 2.27 bits per heavy atom. The fourth-order valence-electron chi connectivity index (χ4n) is 2.54. The second kappa shape index (κ2) is 10.3. The fraction of sp³-hybridized carbons (Fsp3) is 0.632. The molecule has 22 heavy (non-hydrogen) atoms. The third kappa shape index (κ3) is 6.50. The van der Waals surface area contributed by atoms with Crippen LogP contribution in [0.15, 0.2) is 24.3 Å². The van der Waals surface area contributed by atoms with E-state index in [2.05, 4.69) is 43.0 Å². The molecule has 0 saturated carbocycles. The molecule has 1 N–H and O–H groups in total. The first-order valence-corrected chi connectivity index (χ1v) is 8.65. The van der Waals surface area contributed by atoms with Gasteiger partial charge in [-0.2, -0.15) is 0 Å². The van der Waals surface area contributed by atoms with Gasteiger partial charge in [0, 0.05) is 18.8 Å². The summed E-state index contributed by atoms with van der Waals surface area (Å²) in [4.78, 5) is 13.4. The molecule has 0 aliphatic carbocycles. The van der Waals surface area contributed by atoms with E-state index in [1.54, 1.807) is 6.92 Å². The minimum absolute atomic E-state index is 0.346. The van der Waals surface area contributed by atoms with Crippen molar-refractivity contribution in [3.63, 3.8) is 0 Å². The predicted octanol–water partition coefficient (Wildman–Crippen LogP) is 4.75. The molecule has 124 valence electrons. The van der Waals surface area contributed by atoms with Crippen LogP contribution in [-0.4, -0.2) is 24.2 Å². The third-order valence-corrected chi connectivity index (χ3v) is 4.07. The molecule has 0 aliphatic rings. The Morgan fingerprint density at radius 2 is 1.73 bits per heavy atom. The predicted molar refractivity (Wildman–Crippen MR) is 93.6 cm³/mol. The standard InChI is InChI=1S/C19H31NO2/c1-4-6-8-14-20(15-16(3)19(21)22)18-12-10-17(11-13-18)9-7-5-2/h10-13,16H,4-9,14-15H2,1-3H3,(H,21,22). The highest BCUT2D eigenvalue weighted by atomic mass is 16.4. The first-order chi connectivity index (χ1) is 10.6. The van der Waals surface area contributed by atoms with Crippen LogP contribution in [0.3, 0.4) is 0 Å². The monoisotopic (exact) mass is 305 g/mol. The molecule has 0 amide bonds. The van der Waals surface area contributed by atoms with Crippen molar-refractivity contribution >= 4 is 11.7 Å². The van der Waals surface area contributed by atoms with Crippen molar-refractivity contribution in [1.82, 2.24) is 0 Å². The number of carboxylic acids is 1. The highest BCUT2D eigenvalue weighted by Gasteiger charge is 2.16. The minimum atomic E-state index is -0.722. The molecule has 0 fully saturated rings. The maximum absolute atomic E-state index is 11.1. The first-order valence-electron chi connectivity index (χ1n) is 8.65. The summed E-state index contributed by atoms with van der Waals surface area (Å²) in [6.07, 6.45) is 7.03. The van der Waals surface area contributed by atoms with E-state index in [4.69, 9.17) is 5.11 Å². The largest absolute Gasteiger partial charge is 0.481 e. The molecule has 0 spiro atoms. The van der Waals surface area contributed by atoms with Crippen molar-refractivity contribution in [2.45, 2.75) is 59.3 Å². The summed E-state index contributed by atoms with van der Waals surface area (Å²) in [5.41, 5.74) is 2.51. The number of aryl methyl sites for hydroxylation is 1. The highest BCUT2D eigenvalue weighted by molar-refractivity contribution is 5.70. The third-order valence-electron chi connectivity index (χ3n) is 4.07. The number of hydrogen-bond acceptors (Lipinski definition) is 2. The molecule has 0 saturated heterocycles. The molecule has 0 bridgehead atoms. The lowest BCUT2D eigenvalue weighted by Crippen LogP contribution is -2.32. The molecular weight excluding hydrogens is 274 g/mol. The number of aliphatic carboxylic acids is 1. The summed E-state index contributed by atoms with van der Waals surface area (Å²) in [6, 6.07) is 8.66. The molecule has 0 heterocycles. The van der Waals surface area contributed by atoms with Gasteiger partial charge in [-0.3, -0.25) is 4.79 Å². The Hall–Kier alpha value is -1.51. The molecule has 1 aromatic carbocycles. The number of carboxylic acid groups (broad SMARTS) is 1. The highest BCUT2D eigenvalue weighted by Crippen LogP contribution is 2.19. The number of carbonyl (C=O) groups is 1. The Labute approximate surface area is 135 Å². The molecule has 1 atom stereocenters. The van der Waals surface area contributed by atoms with Crippen molar-refractivity contribution in [3.8, 4) is 0 Å². The van der Waals surface area contributed by atoms with Gasteiger partial charge in [0.2, 0.25) is 0 Å². The minimum Gasteiger partial charge on any atom is -0.481 e. The Balaban J connectivity index is 2.73. The van der Waals surface area contributed by atoms with Gasteiger partial charge in [-0.25, -0.2) is 0 Å². The SMILES string of the molecule is CCCCCN(CC(C)C(=O)O)c1ccc(CCCC)cc1. The van der Waals surface area contributed by atoms with Crippen molar-refractivity contribution in [2.24, 2.45) is 5.92 Å². The zero-order chi connectivity index (χ0) is 16.4. The van der Waals surface area contributed by atoms with Crippen molar-refractivity contribution < 1.29 is 9.90 Å². The van der Waals surface area contributed by atoms with Gasteiger partial charge in [0.1, 0.15) is 0 Å². The van der Waals surface area contributed by atoms with Gasteiger partial charge >= 0.3 is 5.97 Å². The number of anilines is 1. The number of rotatable bonds is 11. The molecule has 3 nitrogen and oxygen atoms in total. The topological polar surface area (TPSA) is 40.5 Å². The summed E-state index contributed by atoms with van der Waals surface area (Å²) in [7, 11) is 0. The van der Waals surface area contributed by atoms with Gasteiger partial charge < -0.3 is 10.0 Å². The second-order valence-corrected chi connectivity index (χ2v) is 6.16. The molecule has 0 aromatic heterocycles. The van der Waals surface area contributed by atoms with Gasteiger partial charge in [-0.1, -0.05) is 52.2 Å². The van der Waals surface area contributed by atoms with E-state index in [1.165, 1.54) is 31.2 Å². The lowest BCUT2D eigenvalue weighted by atomic mass is 10.1. The molecular formula is C19H31NO2. The quantitative estimate of drug-likeness (QED) is 0.600. The van der Waals surface area contributed by atoms with Crippen molar-refractivity contribution in [3.05, 3.63) is 29.8 Å². The van der Waals surface area contributed by atoms with E-state index in [-0.39, 0.29) is 5.92 Å². The van der Waals surface area contributed by atoms with Crippen LogP contribution in [0.5, 0.6) is 0 Å². The first kappa shape index (κ1) is 18.5. The maximum atomic E-state index is 11.1. The van der Waals surface area contributed by atoms with Crippen LogP contribution in [0.25, 0.3) is 0 Å². The number of nitrogens with zero attached hydrogens (tertiary/aromatic N) is 1. The van der Waals surface area contributed by atoms with Crippen molar-refractivity contribution in [1.29, 1.82) is 0 Å². The van der Waals surface area contributed by atoms with E-state index >= 15 is 0 Å². The molecule has 1 rings (SSSR count). The summed E-state index contributed by atoms with van der Waals surface area (Å²) in [6.45, 7) is 7.68. The Kier molecular flexibility index (Phi) is 8.64. The van der Waals surface area contributed by atoms with Gasteiger partial charge in [0.25, 0.3) is 0 Å². The summed E-state index contributed by atoms with van der Waals surface area (Å²) < 4.78 is 0. The van der Waals surface area contributed by atoms with E-state index < -0.39 is 5.97 Å². The lowest BCUT2D eigenvalue weighted by molar-refractivity contribution is -0.140. The zero-order valence-corrected chi connectivity index (χ0v) is 14.3. The van der Waals surface area contributed by atoms with Crippen LogP contribution in [-0.2, 0) is 11.2 Å². The summed E-state index contributed by atoms with van der Waals surface area (Å²) >= 11 is 0. The molecule has 0 radical (unpaired) electrons. The Bertz CT molecular complexity index is 428. The van der Waals surface area contributed by atoms with Crippen LogP contribution in [0, 0.1) is 5.92 Å². The number of unbranched alkanes of at least 4 members (excludes halogenated alkanes) is 3. The normalized spacial score (nSPS) is 12.1. The van der Waals surface area contributed by atoms with Gasteiger partial charge in [-0.05, 0) is 37.0 Å². The van der Waals surface area contributed by atoms with Crippen LogP contribution in [0.2, 0.25) is 0 Å². The number of hydrogen-bond donors (Lipinski definition) is 1. The Morgan fingerprint density at radius 1 is 1.09 bits per heavy atom. The summed E-state index contributed by atoms with van der Waals surface area (Å²) in [5.74, 6) is -1.07.